The number of aromatic nitrogens is 2. The van der Waals surface area contributed by atoms with Crippen molar-refractivity contribution in [3.8, 4) is 11.4 Å². The lowest BCUT2D eigenvalue weighted by Crippen LogP contribution is -2.19. The van der Waals surface area contributed by atoms with Gasteiger partial charge >= 0.3 is 0 Å². The summed E-state index contributed by atoms with van der Waals surface area (Å²) in [5, 5.41) is 24.0. The van der Waals surface area contributed by atoms with Crippen LogP contribution in [0, 0.1) is 24.0 Å². The Morgan fingerprint density at radius 3 is 2.57 bits per heavy atom. The minimum Gasteiger partial charge on any atom is -0.508 e. The highest BCUT2D eigenvalue weighted by molar-refractivity contribution is 5.93. The van der Waals surface area contributed by atoms with E-state index in [1.807, 2.05) is 24.5 Å². The Labute approximate surface area is 160 Å². The van der Waals surface area contributed by atoms with Gasteiger partial charge in [-0.25, -0.2) is 10.4 Å². The summed E-state index contributed by atoms with van der Waals surface area (Å²) in [5.74, 6) is -0.381. The molecule has 2 N–H and O–H groups in total. The Balaban J connectivity index is 1.74. The maximum atomic E-state index is 12.0. The Hall–Kier alpha value is -4.01. The summed E-state index contributed by atoms with van der Waals surface area (Å²) in [7, 11) is 0. The average molecular weight is 379 g/mol. The van der Waals surface area contributed by atoms with Gasteiger partial charge in [-0.15, -0.1) is 0 Å². The molecule has 1 aromatic carbocycles. The van der Waals surface area contributed by atoms with Crippen molar-refractivity contribution in [3.05, 3.63) is 81.4 Å². The van der Waals surface area contributed by atoms with Crippen molar-refractivity contribution in [2.75, 3.05) is 0 Å². The topological polar surface area (TPSA) is 123 Å². The number of nitrogens with one attached hydrogen (secondary N) is 1. The number of pyridine rings is 1. The number of amides is 1. The molecule has 2 heterocycles. The van der Waals surface area contributed by atoms with Gasteiger partial charge in [0.15, 0.2) is 0 Å². The summed E-state index contributed by atoms with van der Waals surface area (Å²) < 4.78 is 2.00. The number of nitro groups is 1. The fraction of sp³-hybridized carbons (Fsp3) is 0.105. The van der Waals surface area contributed by atoms with E-state index in [0.717, 1.165) is 28.8 Å². The third kappa shape index (κ3) is 3.88. The number of carbonyl (C=O) groups is 1. The zero-order valence-corrected chi connectivity index (χ0v) is 15.2. The van der Waals surface area contributed by atoms with Crippen molar-refractivity contribution < 1.29 is 14.8 Å². The summed E-state index contributed by atoms with van der Waals surface area (Å²) in [6.45, 7) is 3.86. The van der Waals surface area contributed by atoms with E-state index in [4.69, 9.17) is 0 Å². The van der Waals surface area contributed by atoms with Crippen molar-refractivity contribution in [1.29, 1.82) is 0 Å². The molecule has 0 aliphatic rings. The first-order valence-electron chi connectivity index (χ1n) is 8.29. The molecule has 0 fully saturated rings. The van der Waals surface area contributed by atoms with Crippen LogP contribution >= 0.6 is 0 Å². The van der Waals surface area contributed by atoms with Crippen LogP contribution < -0.4 is 5.43 Å². The van der Waals surface area contributed by atoms with E-state index in [1.165, 1.54) is 18.3 Å². The second-order valence-corrected chi connectivity index (χ2v) is 6.04. The monoisotopic (exact) mass is 379 g/mol. The van der Waals surface area contributed by atoms with Gasteiger partial charge in [0.2, 0.25) is 0 Å². The predicted molar refractivity (Wildman–Crippen MR) is 103 cm³/mol. The van der Waals surface area contributed by atoms with Crippen LogP contribution in [0.2, 0.25) is 0 Å². The van der Waals surface area contributed by atoms with Gasteiger partial charge in [-0.3, -0.25) is 14.9 Å². The summed E-state index contributed by atoms with van der Waals surface area (Å²) in [4.78, 5) is 25.8. The SMILES string of the molecule is Cc1cc(/C=N\NC(=O)c2ccc([N+](=O)[O-])cn2)c(C)n1-c1ccc(O)cc1. The molecule has 0 saturated carbocycles. The lowest BCUT2D eigenvalue weighted by Gasteiger charge is -2.09. The number of phenolic OH excluding ortho intramolecular Hbond substituents is 1. The second-order valence-electron chi connectivity index (χ2n) is 6.04. The molecule has 28 heavy (non-hydrogen) atoms. The van der Waals surface area contributed by atoms with Crippen LogP contribution in [-0.4, -0.2) is 31.7 Å². The highest BCUT2D eigenvalue weighted by Gasteiger charge is 2.11. The normalized spacial score (nSPS) is 10.9. The van der Waals surface area contributed by atoms with E-state index in [-0.39, 0.29) is 17.1 Å². The summed E-state index contributed by atoms with van der Waals surface area (Å²) in [5.41, 5.74) is 5.77. The van der Waals surface area contributed by atoms with E-state index in [9.17, 15) is 20.0 Å². The van der Waals surface area contributed by atoms with E-state index in [0.29, 0.717) is 0 Å². The third-order valence-electron chi connectivity index (χ3n) is 4.14. The van der Waals surface area contributed by atoms with Crippen LogP contribution in [0.25, 0.3) is 5.69 Å². The van der Waals surface area contributed by atoms with Crippen LogP contribution in [-0.2, 0) is 0 Å². The highest BCUT2D eigenvalue weighted by Crippen LogP contribution is 2.21. The first-order valence-corrected chi connectivity index (χ1v) is 8.29. The Morgan fingerprint density at radius 1 is 1.25 bits per heavy atom. The van der Waals surface area contributed by atoms with Gasteiger partial charge in [0.1, 0.15) is 17.6 Å². The van der Waals surface area contributed by atoms with Crippen molar-refractivity contribution in [3.63, 3.8) is 0 Å². The molecule has 3 rings (SSSR count). The lowest BCUT2D eigenvalue weighted by atomic mass is 10.2. The number of phenols is 1. The Kier molecular flexibility index (Phi) is 5.16. The molecule has 0 spiro atoms. The standard InChI is InChI=1S/C19H17N5O4/c1-12-9-14(13(2)23(12)15-3-6-17(25)7-4-15)10-21-22-19(26)18-8-5-16(11-20-18)24(27)28/h3-11,25H,1-2H3,(H,22,26)/b21-10-. The number of rotatable bonds is 5. The molecule has 142 valence electrons. The van der Waals surface area contributed by atoms with Gasteiger partial charge in [-0.2, -0.15) is 5.10 Å². The van der Waals surface area contributed by atoms with Crippen molar-refractivity contribution in [2.45, 2.75) is 13.8 Å². The van der Waals surface area contributed by atoms with Gasteiger partial charge < -0.3 is 9.67 Å². The number of hydrogen-bond donors (Lipinski definition) is 2. The molecular formula is C19H17N5O4. The van der Waals surface area contributed by atoms with Crippen LogP contribution in [0.15, 0.2) is 53.8 Å². The van der Waals surface area contributed by atoms with E-state index < -0.39 is 10.8 Å². The van der Waals surface area contributed by atoms with Gasteiger partial charge in [0.25, 0.3) is 11.6 Å². The molecule has 0 bridgehead atoms. The second kappa shape index (κ2) is 7.70. The van der Waals surface area contributed by atoms with Crippen LogP contribution in [0.5, 0.6) is 5.75 Å². The molecule has 0 aliphatic heterocycles. The molecule has 3 aromatic rings. The number of hydrazone groups is 1. The van der Waals surface area contributed by atoms with E-state index in [1.54, 1.807) is 24.3 Å². The molecular weight excluding hydrogens is 362 g/mol. The zero-order valence-electron chi connectivity index (χ0n) is 15.2. The molecule has 0 radical (unpaired) electrons. The van der Waals surface area contributed by atoms with Crippen molar-refractivity contribution >= 4 is 17.8 Å². The fourth-order valence-corrected chi connectivity index (χ4v) is 2.76. The predicted octanol–water partition coefficient (Wildman–Crippen LogP) is 2.87. The van der Waals surface area contributed by atoms with E-state index >= 15 is 0 Å². The molecule has 9 nitrogen and oxygen atoms in total. The minimum atomic E-state index is -0.587. The smallest absolute Gasteiger partial charge is 0.289 e. The number of hydrogen-bond acceptors (Lipinski definition) is 6. The zero-order chi connectivity index (χ0) is 20.3. The molecule has 0 atom stereocenters. The number of nitrogens with zero attached hydrogens (tertiary/aromatic N) is 4. The fourth-order valence-electron chi connectivity index (χ4n) is 2.76. The first-order chi connectivity index (χ1) is 13.4. The lowest BCUT2D eigenvalue weighted by molar-refractivity contribution is -0.385. The molecule has 0 saturated heterocycles. The Bertz CT molecular complexity index is 1050. The van der Waals surface area contributed by atoms with Crippen molar-refractivity contribution in [2.24, 2.45) is 5.10 Å². The molecule has 9 heteroatoms. The number of aryl methyl sites for hydroxylation is 1. The first kappa shape index (κ1) is 18.8. The Morgan fingerprint density at radius 2 is 1.96 bits per heavy atom. The van der Waals surface area contributed by atoms with Gasteiger partial charge in [0.05, 0.1) is 11.1 Å². The van der Waals surface area contributed by atoms with Crippen LogP contribution in [0.1, 0.15) is 27.4 Å². The minimum absolute atomic E-state index is 0.0253. The molecule has 0 unspecified atom stereocenters. The third-order valence-corrected chi connectivity index (χ3v) is 4.14. The van der Waals surface area contributed by atoms with Gasteiger partial charge in [-0.05, 0) is 50.2 Å². The summed E-state index contributed by atoms with van der Waals surface area (Å²) >= 11 is 0. The largest absolute Gasteiger partial charge is 0.508 e. The molecule has 1 amide bonds. The van der Waals surface area contributed by atoms with Crippen LogP contribution in [0.4, 0.5) is 5.69 Å². The summed E-state index contributed by atoms with van der Waals surface area (Å²) in [6, 6.07) is 11.2. The summed E-state index contributed by atoms with van der Waals surface area (Å²) in [6.07, 6.45) is 2.53. The van der Waals surface area contributed by atoms with Gasteiger partial charge in [-0.1, -0.05) is 0 Å². The van der Waals surface area contributed by atoms with Gasteiger partial charge in [0, 0.05) is 28.7 Å². The number of carbonyl (C=O) groups excluding carboxylic acids is 1. The number of aromatic hydroxyl groups is 1. The molecule has 0 aliphatic carbocycles. The van der Waals surface area contributed by atoms with Crippen LogP contribution in [0.3, 0.4) is 0 Å². The maximum Gasteiger partial charge on any atom is 0.289 e. The highest BCUT2D eigenvalue weighted by atomic mass is 16.6. The maximum absolute atomic E-state index is 12.0. The number of benzene rings is 1. The quantitative estimate of drug-likeness (QED) is 0.401. The van der Waals surface area contributed by atoms with E-state index in [2.05, 4.69) is 15.5 Å². The average Bonchev–Trinajstić information content (AvgIpc) is 2.96. The molecule has 2 aromatic heterocycles. The van der Waals surface area contributed by atoms with Crippen molar-refractivity contribution in [1.82, 2.24) is 15.0 Å².